The van der Waals surface area contributed by atoms with Gasteiger partial charge < -0.3 is 0 Å². The van der Waals surface area contributed by atoms with Crippen molar-refractivity contribution in [2.45, 2.75) is 137 Å². The largest absolute Gasteiger partial charge is 0.300 e. The van der Waals surface area contributed by atoms with Gasteiger partial charge in [-0.2, -0.15) is 0 Å². The molecule has 0 bridgehead atoms. The van der Waals surface area contributed by atoms with Gasteiger partial charge in [-0.25, -0.2) is 0 Å². The molecule has 2 aliphatic rings. The summed E-state index contributed by atoms with van der Waals surface area (Å²) in [6.07, 6.45) is 1.99. The standard InChI is InChI=1S/C28H27N.C24H25N.6C2H6/c1-3-29(4-2)19-20-13-14-25-23(15-20)17-24-16-21-9-5-6-10-22(21)18-28(24)27-12-8-7-11-26(25)27;1-3-25(4-2)17-18-13-14-20-16-19-9-5-6-10-21(19)22-11-7-8-12-23(22)24(20)15-18;6*1-2/h5-16,18H,3-4,17,19H2,1-2H3;5-15H,3-4,16-17H2,1-2H3;6*1-2H3. The van der Waals surface area contributed by atoms with Gasteiger partial charge in [0.05, 0.1) is 0 Å². The van der Waals surface area contributed by atoms with Crippen LogP contribution in [0.5, 0.6) is 0 Å². The fraction of sp³-hybridized carbons (Fsp3) is 0.375. The van der Waals surface area contributed by atoms with E-state index < -0.39 is 0 Å². The summed E-state index contributed by atoms with van der Waals surface area (Å²) in [5, 5.41) is 2.64. The van der Waals surface area contributed by atoms with E-state index >= 15 is 0 Å². The van der Waals surface area contributed by atoms with Gasteiger partial charge in [-0.15, -0.1) is 0 Å². The van der Waals surface area contributed by atoms with Crippen LogP contribution in [0.3, 0.4) is 0 Å². The second kappa shape index (κ2) is 31.6. The highest BCUT2D eigenvalue weighted by Gasteiger charge is 2.21. The summed E-state index contributed by atoms with van der Waals surface area (Å²) in [6.45, 7) is 39.4. The van der Waals surface area contributed by atoms with Crippen LogP contribution in [0, 0.1) is 0 Å². The summed E-state index contributed by atoms with van der Waals surface area (Å²) >= 11 is 0. The highest BCUT2D eigenvalue weighted by atomic mass is 15.1. The number of rotatable bonds is 8. The third-order valence-electron chi connectivity index (χ3n) is 11.7. The van der Waals surface area contributed by atoms with Crippen LogP contribution in [0.15, 0.2) is 146 Å². The molecule has 0 aromatic heterocycles. The Kier molecular flexibility index (Phi) is 27.2. The fourth-order valence-electron chi connectivity index (χ4n) is 8.63. The summed E-state index contributed by atoms with van der Waals surface area (Å²) in [6, 6.07) is 54.2. The molecule has 0 atom stereocenters. The number of nitrogens with zero attached hydrogens (tertiary/aromatic N) is 2. The topological polar surface area (TPSA) is 6.48 Å². The molecule has 2 nitrogen and oxygen atoms in total. The van der Waals surface area contributed by atoms with Crippen LogP contribution in [0.4, 0.5) is 0 Å². The van der Waals surface area contributed by atoms with Gasteiger partial charge in [0.25, 0.3) is 0 Å². The number of hydrogen-bond donors (Lipinski definition) is 0. The van der Waals surface area contributed by atoms with Crippen molar-refractivity contribution in [3.05, 3.63) is 179 Å². The van der Waals surface area contributed by atoms with E-state index in [-0.39, 0.29) is 0 Å². The predicted octanol–water partition coefficient (Wildman–Crippen LogP) is 18.8. The minimum absolute atomic E-state index is 0.982. The second-order valence-electron chi connectivity index (χ2n) is 14.9. The van der Waals surface area contributed by atoms with Crippen LogP contribution in [-0.2, 0) is 25.9 Å². The molecule has 7 aromatic rings. The van der Waals surface area contributed by atoms with Crippen LogP contribution >= 0.6 is 0 Å². The Bertz CT molecular complexity index is 2410. The van der Waals surface area contributed by atoms with Crippen molar-refractivity contribution in [3.8, 4) is 44.5 Å². The van der Waals surface area contributed by atoms with Crippen LogP contribution in [0.1, 0.15) is 144 Å². The zero-order valence-corrected chi connectivity index (χ0v) is 44.4. The Balaban J connectivity index is 0.000000373. The first kappa shape index (κ1) is 56.8. The molecule has 7 aromatic carbocycles. The average molecular weight is 885 g/mol. The summed E-state index contributed by atoms with van der Waals surface area (Å²) in [5.41, 5.74) is 19.5. The minimum atomic E-state index is 0.982. The van der Waals surface area contributed by atoms with Crippen molar-refractivity contribution < 1.29 is 0 Å². The lowest BCUT2D eigenvalue weighted by molar-refractivity contribution is 0.296. The fourth-order valence-corrected chi connectivity index (χ4v) is 8.63. The van der Waals surface area contributed by atoms with Crippen molar-refractivity contribution >= 4 is 10.8 Å². The van der Waals surface area contributed by atoms with Gasteiger partial charge >= 0.3 is 0 Å². The monoisotopic (exact) mass is 885 g/mol. The molecule has 0 N–H and O–H groups in total. The maximum Gasteiger partial charge on any atom is 0.0233 e. The van der Waals surface area contributed by atoms with E-state index in [2.05, 4.69) is 183 Å². The first-order valence-corrected chi connectivity index (χ1v) is 26.0. The smallest absolute Gasteiger partial charge is 0.0233 e. The molecule has 0 spiro atoms. The molecule has 2 heteroatoms. The van der Waals surface area contributed by atoms with Gasteiger partial charge in [-0.3, -0.25) is 9.80 Å². The molecule has 0 radical (unpaired) electrons. The molecule has 66 heavy (non-hydrogen) atoms. The molecule has 0 saturated carbocycles. The molecular formula is C64H88N2. The molecular weight excluding hydrogens is 797 g/mol. The van der Waals surface area contributed by atoms with Crippen LogP contribution in [-0.4, -0.2) is 36.0 Å². The van der Waals surface area contributed by atoms with Crippen molar-refractivity contribution in [1.82, 2.24) is 9.80 Å². The lowest BCUT2D eigenvalue weighted by Gasteiger charge is -2.19. The lowest BCUT2D eigenvalue weighted by atomic mass is 9.93. The highest BCUT2D eigenvalue weighted by Crippen LogP contribution is 2.43. The first-order valence-electron chi connectivity index (χ1n) is 26.0. The normalized spacial score (nSPS) is 10.6. The molecule has 0 heterocycles. The highest BCUT2D eigenvalue weighted by molar-refractivity contribution is 5.95. The van der Waals surface area contributed by atoms with E-state index in [9.17, 15) is 0 Å². The molecule has 0 amide bonds. The van der Waals surface area contributed by atoms with Gasteiger partial charge in [0.2, 0.25) is 0 Å². The van der Waals surface area contributed by atoms with Crippen LogP contribution in [0.25, 0.3) is 55.3 Å². The van der Waals surface area contributed by atoms with Gasteiger partial charge in [-0.05, 0) is 140 Å². The zero-order chi connectivity index (χ0) is 49.0. The SMILES string of the molecule is CC.CC.CC.CC.CC.CC.CCN(CC)Cc1ccc2c(c1)-c1ccccc1-c1ccccc1C2.CCN(CC)Cc1ccc2c(c1)Cc1cc3ccccc3cc1-c1ccccc1-2. The van der Waals surface area contributed by atoms with Crippen LogP contribution < -0.4 is 0 Å². The number of hydrogen-bond acceptors (Lipinski definition) is 2. The molecule has 0 unspecified atom stereocenters. The Hall–Kier alpha value is -5.28. The number of fused-ring (bicyclic) bond motifs is 11. The van der Waals surface area contributed by atoms with E-state index in [1.165, 1.54) is 88.7 Å². The number of benzene rings is 7. The Morgan fingerprint density at radius 2 is 0.621 bits per heavy atom. The maximum atomic E-state index is 2.48. The molecule has 9 rings (SSSR count). The quantitative estimate of drug-likeness (QED) is 0.150. The van der Waals surface area contributed by atoms with Crippen molar-refractivity contribution in [2.24, 2.45) is 0 Å². The molecule has 2 aliphatic carbocycles. The third kappa shape index (κ3) is 14.4. The minimum Gasteiger partial charge on any atom is -0.300 e. The van der Waals surface area contributed by atoms with E-state index in [0.717, 1.165) is 52.1 Å². The summed E-state index contributed by atoms with van der Waals surface area (Å²) < 4.78 is 0. The van der Waals surface area contributed by atoms with Gasteiger partial charge in [-0.1, -0.05) is 244 Å². The molecule has 0 aliphatic heterocycles. The predicted molar refractivity (Wildman–Crippen MR) is 299 cm³/mol. The van der Waals surface area contributed by atoms with E-state index in [0.29, 0.717) is 0 Å². The third-order valence-corrected chi connectivity index (χ3v) is 11.7. The van der Waals surface area contributed by atoms with Crippen LogP contribution in [0.2, 0.25) is 0 Å². The Labute approximate surface area is 405 Å². The van der Waals surface area contributed by atoms with E-state index in [1.54, 1.807) is 0 Å². The Morgan fingerprint density at radius 3 is 1.12 bits per heavy atom. The first-order chi connectivity index (χ1) is 32.6. The lowest BCUT2D eigenvalue weighted by Crippen LogP contribution is -2.22. The zero-order valence-electron chi connectivity index (χ0n) is 44.4. The van der Waals surface area contributed by atoms with Crippen molar-refractivity contribution in [1.29, 1.82) is 0 Å². The second-order valence-corrected chi connectivity index (χ2v) is 14.9. The van der Waals surface area contributed by atoms with Crippen molar-refractivity contribution in [2.75, 3.05) is 26.2 Å². The Morgan fingerprint density at radius 1 is 0.288 bits per heavy atom. The maximum absolute atomic E-state index is 2.48. The summed E-state index contributed by atoms with van der Waals surface area (Å²) in [4.78, 5) is 4.95. The molecule has 0 fully saturated rings. The van der Waals surface area contributed by atoms with E-state index in [1.807, 2.05) is 83.1 Å². The average Bonchev–Trinajstić information content (AvgIpc) is 3.64. The van der Waals surface area contributed by atoms with E-state index in [4.69, 9.17) is 0 Å². The summed E-state index contributed by atoms with van der Waals surface area (Å²) in [5.74, 6) is 0. The van der Waals surface area contributed by atoms with Crippen molar-refractivity contribution in [3.63, 3.8) is 0 Å². The molecule has 0 saturated heterocycles. The van der Waals surface area contributed by atoms with Gasteiger partial charge in [0.15, 0.2) is 0 Å². The summed E-state index contributed by atoms with van der Waals surface area (Å²) in [7, 11) is 0. The van der Waals surface area contributed by atoms with Gasteiger partial charge in [0, 0.05) is 13.1 Å². The molecule has 354 valence electrons. The van der Waals surface area contributed by atoms with Gasteiger partial charge in [0.1, 0.15) is 0 Å².